The van der Waals surface area contributed by atoms with Gasteiger partial charge in [-0.25, -0.2) is 4.98 Å². The molecule has 5 heteroatoms. The van der Waals surface area contributed by atoms with Gasteiger partial charge in [-0.1, -0.05) is 13.8 Å². The molecule has 0 saturated carbocycles. The maximum absolute atomic E-state index is 11.7. The number of amides is 1. The fourth-order valence-corrected chi connectivity index (χ4v) is 1.70. The fraction of sp³-hybridized carbons (Fsp3) is 0.500. The molecule has 1 amide bonds. The van der Waals surface area contributed by atoms with Crippen LogP contribution in [-0.2, 0) is 4.79 Å². The smallest absolute Gasteiger partial charge is 0.242 e. The van der Waals surface area contributed by atoms with E-state index in [2.05, 4.69) is 31.5 Å². The second-order valence-electron chi connectivity index (χ2n) is 4.24. The molecule has 17 heavy (non-hydrogen) atoms. The zero-order valence-electron chi connectivity index (χ0n) is 10.5. The molecule has 0 bridgehead atoms. The van der Waals surface area contributed by atoms with E-state index in [0.29, 0.717) is 5.82 Å². The third-order valence-corrected chi connectivity index (χ3v) is 3.36. The monoisotopic (exact) mass is 299 g/mol. The van der Waals surface area contributed by atoms with Gasteiger partial charge in [-0.2, -0.15) is 0 Å². The lowest BCUT2D eigenvalue weighted by Crippen LogP contribution is -2.41. The minimum Gasteiger partial charge on any atom is -0.358 e. The number of aromatic nitrogens is 1. The highest BCUT2D eigenvalue weighted by Crippen LogP contribution is 2.18. The number of halogens is 1. The summed E-state index contributed by atoms with van der Waals surface area (Å²) in [5, 5.41) is 5.81. The summed E-state index contributed by atoms with van der Waals surface area (Å²) < 4.78 is 0.962. The van der Waals surface area contributed by atoms with Gasteiger partial charge >= 0.3 is 0 Å². The van der Waals surface area contributed by atoms with Gasteiger partial charge in [0.2, 0.25) is 5.91 Å². The predicted molar refractivity (Wildman–Crippen MR) is 73.0 cm³/mol. The van der Waals surface area contributed by atoms with Crippen LogP contribution >= 0.6 is 15.9 Å². The SMILES string of the molecule is CNC(=O)C(Nc1ccc(Br)c(C)n1)C(C)C. The Morgan fingerprint density at radius 1 is 1.41 bits per heavy atom. The molecule has 94 valence electrons. The Morgan fingerprint density at radius 2 is 2.06 bits per heavy atom. The topological polar surface area (TPSA) is 54.0 Å². The van der Waals surface area contributed by atoms with Crippen LogP contribution in [0.2, 0.25) is 0 Å². The number of pyridine rings is 1. The Hall–Kier alpha value is -1.10. The van der Waals surface area contributed by atoms with Crippen molar-refractivity contribution in [1.29, 1.82) is 0 Å². The number of nitrogens with one attached hydrogen (secondary N) is 2. The number of hydrogen-bond acceptors (Lipinski definition) is 3. The molecule has 0 saturated heterocycles. The quantitative estimate of drug-likeness (QED) is 0.897. The Bertz CT molecular complexity index is 407. The van der Waals surface area contributed by atoms with Crippen molar-refractivity contribution in [2.24, 2.45) is 5.92 Å². The first-order chi connectivity index (χ1) is 7.95. The highest BCUT2D eigenvalue weighted by Gasteiger charge is 2.21. The van der Waals surface area contributed by atoms with Gasteiger partial charge in [-0.3, -0.25) is 4.79 Å². The summed E-state index contributed by atoms with van der Waals surface area (Å²) in [7, 11) is 1.64. The van der Waals surface area contributed by atoms with E-state index in [-0.39, 0.29) is 17.9 Å². The number of nitrogens with zero attached hydrogens (tertiary/aromatic N) is 1. The average molecular weight is 300 g/mol. The lowest BCUT2D eigenvalue weighted by molar-refractivity contribution is -0.122. The molecule has 1 aromatic rings. The first-order valence-electron chi connectivity index (χ1n) is 5.57. The van der Waals surface area contributed by atoms with Crippen LogP contribution in [0.1, 0.15) is 19.5 Å². The maximum Gasteiger partial charge on any atom is 0.242 e. The number of carbonyl (C=O) groups is 1. The molecule has 0 radical (unpaired) electrons. The number of aryl methyl sites for hydroxylation is 1. The summed E-state index contributed by atoms with van der Waals surface area (Å²) in [5.74, 6) is 0.885. The summed E-state index contributed by atoms with van der Waals surface area (Å²) in [5.41, 5.74) is 0.898. The van der Waals surface area contributed by atoms with Crippen LogP contribution in [0, 0.1) is 12.8 Å². The average Bonchev–Trinajstić information content (AvgIpc) is 2.29. The second kappa shape index (κ2) is 6.00. The third-order valence-electron chi connectivity index (χ3n) is 2.52. The van der Waals surface area contributed by atoms with Crippen LogP contribution < -0.4 is 10.6 Å². The molecule has 4 nitrogen and oxygen atoms in total. The van der Waals surface area contributed by atoms with Crippen LogP contribution in [0.4, 0.5) is 5.82 Å². The van der Waals surface area contributed by atoms with Crippen LogP contribution in [-0.4, -0.2) is 24.0 Å². The Kier molecular flexibility index (Phi) is 4.93. The molecule has 1 unspecified atom stereocenters. The Balaban J connectivity index is 2.86. The van der Waals surface area contributed by atoms with Crippen molar-refractivity contribution in [3.05, 3.63) is 22.3 Å². The second-order valence-corrected chi connectivity index (χ2v) is 5.10. The van der Waals surface area contributed by atoms with Crippen LogP contribution in [0.3, 0.4) is 0 Å². The molecule has 0 spiro atoms. The summed E-state index contributed by atoms with van der Waals surface area (Å²) in [6.45, 7) is 5.91. The number of likely N-dealkylation sites (N-methyl/N-ethyl adjacent to an activating group) is 1. The zero-order chi connectivity index (χ0) is 13.0. The highest BCUT2D eigenvalue weighted by molar-refractivity contribution is 9.10. The van der Waals surface area contributed by atoms with Crippen molar-refractivity contribution in [1.82, 2.24) is 10.3 Å². The lowest BCUT2D eigenvalue weighted by Gasteiger charge is -2.21. The van der Waals surface area contributed by atoms with E-state index in [1.54, 1.807) is 7.05 Å². The number of carbonyl (C=O) groups excluding carboxylic acids is 1. The molecule has 2 N–H and O–H groups in total. The van der Waals surface area contributed by atoms with Gasteiger partial charge in [0, 0.05) is 11.5 Å². The van der Waals surface area contributed by atoms with Crippen LogP contribution in [0.25, 0.3) is 0 Å². The summed E-state index contributed by atoms with van der Waals surface area (Å²) in [4.78, 5) is 16.1. The molecule has 0 aliphatic heterocycles. The van der Waals surface area contributed by atoms with Gasteiger partial charge in [-0.15, -0.1) is 0 Å². The molecule has 0 fully saturated rings. The highest BCUT2D eigenvalue weighted by atomic mass is 79.9. The van der Waals surface area contributed by atoms with E-state index in [9.17, 15) is 4.79 Å². The van der Waals surface area contributed by atoms with Gasteiger partial charge in [0.15, 0.2) is 0 Å². The molecular weight excluding hydrogens is 282 g/mol. The van der Waals surface area contributed by atoms with E-state index in [1.165, 1.54) is 0 Å². The van der Waals surface area contributed by atoms with Crippen molar-refractivity contribution < 1.29 is 4.79 Å². The van der Waals surface area contributed by atoms with Crippen LogP contribution in [0.15, 0.2) is 16.6 Å². The first kappa shape index (κ1) is 14.0. The van der Waals surface area contributed by atoms with Gasteiger partial charge in [0.25, 0.3) is 0 Å². The maximum atomic E-state index is 11.7. The molecule has 1 atom stereocenters. The van der Waals surface area contributed by atoms with Crippen molar-refractivity contribution in [3.63, 3.8) is 0 Å². The van der Waals surface area contributed by atoms with Crippen molar-refractivity contribution in [2.75, 3.05) is 12.4 Å². The lowest BCUT2D eigenvalue weighted by atomic mass is 10.0. The molecule has 0 aliphatic carbocycles. The predicted octanol–water partition coefficient (Wildman–Crippen LogP) is 2.34. The van der Waals surface area contributed by atoms with Crippen LogP contribution in [0.5, 0.6) is 0 Å². The van der Waals surface area contributed by atoms with E-state index in [0.717, 1.165) is 10.2 Å². The fourth-order valence-electron chi connectivity index (χ4n) is 1.47. The minimum absolute atomic E-state index is 0.0256. The number of rotatable bonds is 4. The van der Waals surface area contributed by atoms with Crippen molar-refractivity contribution >= 4 is 27.7 Å². The Morgan fingerprint density at radius 3 is 2.53 bits per heavy atom. The van der Waals surface area contributed by atoms with E-state index >= 15 is 0 Å². The summed E-state index contributed by atoms with van der Waals surface area (Å²) in [6, 6.07) is 3.51. The minimum atomic E-state index is -0.270. The number of hydrogen-bond donors (Lipinski definition) is 2. The van der Waals surface area contributed by atoms with E-state index in [1.807, 2.05) is 32.9 Å². The molecular formula is C12H18BrN3O. The van der Waals surface area contributed by atoms with E-state index < -0.39 is 0 Å². The Labute approximate surface area is 110 Å². The third kappa shape index (κ3) is 3.70. The summed E-state index contributed by atoms with van der Waals surface area (Å²) in [6.07, 6.45) is 0. The zero-order valence-corrected chi connectivity index (χ0v) is 12.1. The van der Waals surface area contributed by atoms with Gasteiger partial charge in [0.1, 0.15) is 11.9 Å². The van der Waals surface area contributed by atoms with E-state index in [4.69, 9.17) is 0 Å². The molecule has 0 aromatic carbocycles. The first-order valence-corrected chi connectivity index (χ1v) is 6.36. The molecule has 1 rings (SSSR count). The molecule has 1 aromatic heterocycles. The van der Waals surface area contributed by atoms with Crippen molar-refractivity contribution in [3.8, 4) is 0 Å². The standard InChI is InChI=1S/C12H18BrN3O/c1-7(2)11(12(17)14-4)16-10-6-5-9(13)8(3)15-10/h5-7,11H,1-4H3,(H,14,17)(H,15,16). The number of anilines is 1. The van der Waals surface area contributed by atoms with Gasteiger partial charge < -0.3 is 10.6 Å². The summed E-state index contributed by atoms with van der Waals surface area (Å²) >= 11 is 3.40. The van der Waals surface area contributed by atoms with Gasteiger partial charge in [-0.05, 0) is 40.9 Å². The van der Waals surface area contributed by atoms with Crippen molar-refractivity contribution in [2.45, 2.75) is 26.8 Å². The molecule has 0 aliphatic rings. The largest absolute Gasteiger partial charge is 0.358 e. The van der Waals surface area contributed by atoms with Gasteiger partial charge in [0.05, 0.1) is 5.69 Å². The molecule has 1 heterocycles. The normalized spacial score (nSPS) is 12.4.